The summed E-state index contributed by atoms with van der Waals surface area (Å²) in [4.78, 5) is 25.3. The van der Waals surface area contributed by atoms with E-state index in [1.54, 1.807) is 11.0 Å². The molecule has 1 atom stereocenters. The van der Waals surface area contributed by atoms with Gasteiger partial charge >= 0.3 is 0 Å². The Bertz CT molecular complexity index is 503. The number of hydrogen-bond acceptors (Lipinski definition) is 4. The summed E-state index contributed by atoms with van der Waals surface area (Å²) < 4.78 is 18.7. The zero-order valence-electron chi connectivity index (χ0n) is 10.8. The van der Waals surface area contributed by atoms with E-state index >= 15 is 0 Å². The van der Waals surface area contributed by atoms with Crippen LogP contribution in [0.15, 0.2) is 24.3 Å². The molecular weight excluding hydrogens is 265 g/mol. The van der Waals surface area contributed by atoms with E-state index in [2.05, 4.69) is 5.32 Å². The molecule has 0 aliphatic carbocycles. The van der Waals surface area contributed by atoms with E-state index in [1.165, 1.54) is 18.2 Å². The minimum atomic E-state index is -1.13. The molecule has 2 amide bonds. The fourth-order valence-electron chi connectivity index (χ4n) is 2.07. The molecule has 7 heteroatoms. The fourth-order valence-corrected chi connectivity index (χ4v) is 2.07. The molecule has 1 fully saturated rings. The van der Waals surface area contributed by atoms with Gasteiger partial charge in [0.15, 0.2) is 6.04 Å². The van der Waals surface area contributed by atoms with Gasteiger partial charge in [-0.05, 0) is 12.1 Å². The lowest BCUT2D eigenvalue weighted by Crippen LogP contribution is -2.55. The van der Waals surface area contributed by atoms with Crippen molar-refractivity contribution < 1.29 is 18.7 Å². The molecule has 1 aliphatic rings. The average molecular weight is 281 g/mol. The second-order valence-electron chi connectivity index (χ2n) is 4.42. The number of carbonyl (C=O) groups is 2. The lowest BCUT2D eigenvalue weighted by atomic mass is 10.2. The number of hydrogen-bond donors (Lipinski definition) is 2. The van der Waals surface area contributed by atoms with E-state index in [1.807, 2.05) is 0 Å². The van der Waals surface area contributed by atoms with Crippen molar-refractivity contribution in [3.05, 3.63) is 30.1 Å². The molecule has 1 heterocycles. The predicted octanol–water partition coefficient (Wildman–Crippen LogP) is -0.0497. The van der Waals surface area contributed by atoms with Crippen LogP contribution in [0.3, 0.4) is 0 Å². The van der Waals surface area contributed by atoms with E-state index in [4.69, 9.17) is 10.5 Å². The van der Waals surface area contributed by atoms with Gasteiger partial charge in [-0.2, -0.15) is 0 Å². The summed E-state index contributed by atoms with van der Waals surface area (Å²) in [6, 6.07) is 4.62. The van der Waals surface area contributed by atoms with Crippen LogP contribution in [0.2, 0.25) is 0 Å². The molecule has 1 aliphatic heterocycles. The summed E-state index contributed by atoms with van der Waals surface area (Å²) in [6.45, 7) is 1.71. The highest BCUT2D eigenvalue weighted by molar-refractivity contribution is 6.09. The van der Waals surface area contributed by atoms with Crippen LogP contribution >= 0.6 is 0 Å². The predicted molar refractivity (Wildman–Crippen MR) is 70.4 cm³/mol. The van der Waals surface area contributed by atoms with Gasteiger partial charge in [0.05, 0.1) is 18.9 Å². The van der Waals surface area contributed by atoms with Crippen molar-refractivity contribution in [1.82, 2.24) is 4.90 Å². The number of nitrogens with two attached hydrogens (primary N) is 1. The number of nitrogens with one attached hydrogen (secondary N) is 1. The van der Waals surface area contributed by atoms with Crippen LogP contribution in [-0.2, 0) is 14.3 Å². The number of nitrogens with zero attached hydrogens (tertiary/aromatic N) is 1. The zero-order valence-corrected chi connectivity index (χ0v) is 10.8. The van der Waals surface area contributed by atoms with Gasteiger partial charge in [0.25, 0.3) is 5.91 Å². The molecule has 0 radical (unpaired) electrons. The molecule has 1 unspecified atom stereocenters. The van der Waals surface area contributed by atoms with Crippen molar-refractivity contribution in [2.75, 3.05) is 31.6 Å². The summed E-state index contributed by atoms with van der Waals surface area (Å²) in [5.41, 5.74) is 5.31. The number of para-hydroxylation sites is 1. The van der Waals surface area contributed by atoms with Crippen LogP contribution in [0, 0.1) is 5.82 Å². The highest BCUT2D eigenvalue weighted by atomic mass is 19.1. The van der Waals surface area contributed by atoms with Crippen molar-refractivity contribution in [1.29, 1.82) is 0 Å². The van der Waals surface area contributed by atoms with Crippen molar-refractivity contribution >= 4 is 17.5 Å². The molecule has 0 bridgehead atoms. The molecule has 0 aromatic heterocycles. The summed E-state index contributed by atoms with van der Waals surface area (Å²) in [6.07, 6.45) is 0. The third-order valence-electron chi connectivity index (χ3n) is 3.06. The summed E-state index contributed by atoms with van der Waals surface area (Å²) >= 11 is 0. The van der Waals surface area contributed by atoms with Gasteiger partial charge in [0.2, 0.25) is 5.91 Å². The monoisotopic (exact) mass is 281 g/mol. The quantitative estimate of drug-likeness (QED) is 0.758. The lowest BCUT2D eigenvalue weighted by molar-refractivity contribution is -0.134. The fraction of sp³-hybridized carbons (Fsp3) is 0.385. The van der Waals surface area contributed by atoms with Crippen molar-refractivity contribution in [3.8, 4) is 0 Å². The van der Waals surface area contributed by atoms with Gasteiger partial charge in [-0.1, -0.05) is 12.1 Å². The Morgan fingerprint density at radius 1 is 1.30 bits per heavy atom. The van der Waals surface area contributed by atoms with E-state index in [0.717, 1.165) is 0 Å². The van der Waals surface area contributed by atoms with Crippen LogP contribution in [0.4, 0.5) is 10.1 Å². The Balaban J connectivity index is 2.11. The molecule has 108 valence electrons. The summed E-state index contributed by atoms with van der Waals surface area (Å²) in [7, 11) is 0. The van der Waals surface area contributed by atoms with Gasteiger partial charge in [0, 0.05) is 13.1 Å². The second-order valence-corrected chi connectivity index (χ2v) is 4.42. The topological polar surface area (TPSA) is 84.7 Å². The van der Waals surface area contributed by atoms with Gasteiger partial charge in [-0.15, -0.1) is 0 Å². The third-order valence-corrected chi connectivity index (χ3v) is 3.06. The second kappa shape index (κ2) is 6.44. The number of ether oxygens (including phenoxy) is 1. The van der Waals surface area contributed by atoms with Gasteiger partial charge in [-0.25, -0.2) is 4.39 Å². The lowest BCUT2D eigenvalue weighted by Gasteiger charge is -2.31. The maximum atomic E-state index is 13.5. The first-order valence-electron chi connectivity index (χ1n) is 6.26. The van der Waals surface area contributed by atoms with Gasteiger partial charge < -0.3 is 15.8 Å². The molecule has 6 nitrogen and oxygen atoms in total. The Labute approximate surface area is 115 Å². The smallest absolute Gasteiger partial charge is 0.251 e. The molecule has 1 saturated heterocycles. The van der Waals surface area contributed by atoms with Gasteiger partial charge in [0.1, 0.15) is 5.82 Å². The van der Waals surface area contributed by atoms with Crippen LogP contribution in [0.1, 0.15) is 0 Å². The minimum Gasteiger partial charge on any atom is -0.379 e. The first-order valence-corrected chi connectivity index (χ1v) is 6.26. The number of anilines is 1. The number of halogens is 1. The highest BCUT2D eigenvalue weighted by Crippen LogP contribution is 2.14. The summed E-state index contributed by atoms with van der Waals surface area (Å²) in [5, 5.41) is 2.39. The Kier molecular flexibility index (Phi) is 4.65. The van der Waals surface area contributed by atoms with E-state index < -0.39 is 23.7 Å². The number of amides is 2. The standard InChI is InChI=1S/C13H16FN3O3/c14-9-3-1-2-4-10(9)16-13(19)11(12(15)18)17-5-7-20-8-6-17/h1-4,11H,5-8H2,(H2,15,18)(H,16,19). The zero-order chi connectivity index (χ0) is 14.5. The van der Waals surface area contributed by atoms with E-state index in [0.29, 0.717) is 26.3 Å². The number of benzene rings is 1. The highest BCUT2D eigenvalue weighted by Gasteiger charge is 2.32. The maximum Gasteiger partial charge on any atom is 0.251 e. The number of primary amides is 1. The maximum absolute atomic E-state index is 13.5. The van der Waals surface area contributed by atoms with E-state index in [-0.39, 0.29) is 5.69 Å². The molecule has 0 saturated carbocycles. The Morgan fingerprint density at radius 3 is 2.55 bits per heavy atom. The third kappa shape index (κ3) is 3.31. The number of morpholine rings is 1. The Hall–Kier alpha value is -1.99. The van der Waals surface area contributed by atoms with Crippen LogP contribution < -0.4 is 11.1 Å². The van der Waals surface area contributed by atoms with Crippen LogP contribution in [-0.4, -0.2) is 49.1 Å². The van der Waals surface area contributed by atoms with Crippen LogP contribution in [0.25, 0.3) is 0 Å². The molecule has 3 N–H and O–H groups in total. The SMILES string of the molecule is NC(=O)C(C(=O)Nc1ccccc1F)N1CCOCC1. The van der Waals surface area contributed by atoms with Gasteiger partial charge in [-0.3, -0.25) is 14.5 Å². The van der Waals surface area contributed by atoms with Crippen molar-refractivity contribution in [2.45, 2.75) is 6.04 Å². The average Bonchev–Trinajstić information content (AvgIpc) is 2.42. The first-order chi connectivity index (χ1) is 9.59. The molecule has 20 heavy (non-hydrogen) atoms. The normalized spacial score (nSPS) is 17.4. The molecule has 1 aromatic carbocycles. The van der Waals surface area contributed by atoms with Crippen LogP contribution in [0.5, 0.6) is 0 Å². The van der Waals surface area contributed by atoms with Crippen molar-refractivity contribution in [3.63, 3.8) is 0 Å². The number of rotatable bonds is 4. The van der Waals surface area contributed by atoms with Crippen molar-refractivity contribution in [2.24, 2.45) is 5.73 Å². The molecule has 2 rings (SSSR count). The molecular formula is C13H16FN3O3. The van der Waals surface area contributed by atoms with E-state index in [9.17, 15) is 14.0 Å². The first kappa shape index (κ1) is 14.4. The largest absolute Gasteiger partial charge is 0.379 e. The summed E-state index contributed by atoms with van der Waals surface area (Å²) in [5.74, 6) is -1.96. The number of carbonyl (C=O) groups excluding carboxylic acids is 2. The minimum absolute atomic E-state index is 0.0250. The molecule has 0 spiro atoms. The molecule has 1 aromatic rings. The Morgan fingerprint density at radius 2 is 1.95 bits per heavy atom.